The summed E-state index contributed by atoms with van der Waals surface area (Å²) in [5, 5.41) is 9.92. The Morgan fingerprint density at radius 3 is 2.48 bits per heavy atom. The molecule has 0 saturated carbocycles. The smallest absolute Gasteiger partial charge is 0.390 e. The van der Waals surface area contributed by atoms with Gasteiger partial charge in [-0.3, -0.25) is 4.90 Å². The van der Waals surface area contributed by atoms with E-state index in [1.165, 1.54) is 5.56 Å². The van der Waals surface area contributed by atoms with Gasteiger partial charge in [-0.2, -0.15) is 13.2 Å². The number of hydrogen-bond donors (Lipinski definition) is 1. The molecule has 2 fully saturated rings. The first-order valence-electron chi connectivity index (χ1n) is 9.81. The third-order valence-electron chi connectivity index (χ3n) is 5.85. The molecule has 150 valence electrons. The lowest BCUT2D eigenvalue weighted by Gasteiger charge is -2.57. The highest BCUT2D eigenvalue weighted by atomic mass is 19.4. The molecule has 3 rings (SSSR count). The summed E-state index contributed by atoms with van der Waals surface area (Å²) in [5.74, 6) is 0.168. The van der Waals surface area contributed by atoms with Crippen molar-refractivity contribution in [2.24, 2.45) is 0 Å². The molecular weight excluding hydrogens is 353 g/mol. The van der Waals surface area contributed by atoms with Gasteiger partial charge in [-0.05, 0) is 44.0 Å². The van der Waals surface area contributed by atoms with Crippen molar-refractivity contribution in [2.75, 3.05) is 32.8 Å². The average Bonchev–Trinajstić information content (AvgIpc) is 2.60. The maximum atomic E-state index is 12.7. The molecule has 0 bridgehead atoms. The van der Waals surface area contributed by atoms with Gasteiger partial charge in [-0.15, -0.1) is 0 Å². The zero-order chi connectivity index (χ0) is 19.4. The number of fused-ring (bicyclic) bond motifs is 1. The highest BCUT2D eigenvalue weighted by molar-refractivity contribution is 5.50. The highest BCUT2D eigenvalue weighted by Crippen LogP contribution is 2.42. The summed E-state index contributed by atoms with van der Waals surface area (Å²) in [7, 11) is 0. The van der Waals surface area contributed by atoms with Gasteiger partial charge in [0, 0.05) is 31.1 Å². The fraction of sp³-hybridized carbons (Fsp3) is 0.619. The molecule has 0 aromatic heterocycles. The Labute approximate surface area is 159 Å². The van der Waals surface area contributed by atoms with Gasteiger partial charge in [0.2, 0.25) is 0 Å². The lowest BCUT2D eigenvalue weighted by molar-refractivity contribution is -0.140. The number of alkyl halides is 3. The molecule has 2 aliphatic rings. The van der Waals surface area contributed by atoms with E-state index in [0.29, 0.717) is 6.54 Å². The van der Waals surface area contributed by atoms with Crippen molar-refractivity contribution in [3.63, 3.8) is 0 Å². The van der Waals surface area contributed by atoms with E-state index in [0.717, 1.165) is 31.5 Å². The molecular formula is C21H29F3N2O. The van der Waals surface area contributed by atoms with Crippen molar-refractivity contribution < 1.29 is 18.3 Å². The van der Waals surface area contributed by atoms with Crippen LogP contribution < -0.4 is 0 Å². The number of benzene rings is 1. The first-order chi connectivity index (χ1) is 12.9. The van der Waals surface area contributed by atoms with E-state index >= 15 is 0 Å². The summed E-state index contributed by atoms with van der Waals surface area (Å²) in [4.78, 5) is 4.25. The van der Waals surface area contributed by atoms with Crippen LogP contribution in [0.2, 0.25) is 0 Å². The van der Waals surface area contributed by atoms with Gasteiger partial charge in [0.25, 0.3) is 0 Å². The topological polar surface area (TPSA) is 26.7 Å². The van der Waals surface area contributed by atoms with E-state index in [9.17, 15) is 18.3 Å². The number of aliphatic hydroxyl groups is 1. The second-order valence-electron chi connectivity index (χ2n) is 7.62. The molecule has 3 atom stereocenters. The Kier molecular flexibility index (Phi) is 6.61. The van der Waals surface area contributed by atoms with Crippen molar-refractivity contribution in [1.82, 2.24) is 9.80 Å². The minimum Gasteiger partial charge on any atom is -0.395 e. The van der Waals surface area contributed by atoms with Crippen molar-refractivity contribution in [2.45, 2.75) is 50.4 Å². The van der Waals surface area contributed by atoms with Crippen LogP contribution in [0.4, 0.5) is 13.2 Å². The number of nitrogens with zero attached hydrogens (tertiary/aromatic N) is 2. The summed E-state index contributed by atoms with van der Waals surface area (Å²) in [6.07, 6.45) is 1.02. The Hall–Kier alpha value is -1.37. The predicted octanol–water partition coefficient (Wildman–Crippen LogP) is 3.90. The Morgan fingerprint density at radius 2 is 1.85 bits per heavy atom. The minimum absolute atomic E-state index is 0.0601. The predicted molar refractivity (Wildman–Crippen MR) is 102 cm³/mol. The molecule has 1 N–H and O–H groups in total. The van der Waals surface area contributed by atoms with Gasteiger partial charge < -0.3 is 10.0 Å². The lowest BCUT2D eigenvalue weighted by atomic mass is 9.74. The van der Waals surface area contributed by atoms with Crippen LogP contribution in [0.3, 0.4) is 0 Å². The molecule has 0 aliphatic carbocycles. The molecule has 1 aromatic carbocycles. The number of rotatable bonds is 5. The summed E-state index contributed by atoms with van der Waals surface area (Å²) in [5.41, 5.74) is 2.29. The quantitative estimate of drug-likeness (QED) is 0.837. The number of hydrogen-bond acceptors (Lipinski definition) is 3. The van der Waals surface area contributed by atoms with E-state index in [4.69, 9.17) is 0 Å². The molecule has 0 radical (unpaired) electrons. The van der Waals surface area contributed by atoms with Gasteiger partial charge in [-0.1, -0.05) is 36.4 Å². The fourth-order valence-corrected chi connectivity index (χ4v) is 4.52. The SMILES string of the molecule is C/C=C/c1ccc([C@H]2[C@@H](CO)N3CCCCN(CCC(F)(F)F)C[C@@H]23)cc1. The molecule has 27 heavy (non-hydrogen) atoms. The van der Waals surface area contributed by atoms with Gasteiger partial charge >= 0.3 is 6.18 Å². The summed E-state index contributed by atoms with van der Waals surface area (Å²) < 4.78 is 38.0. The lowest BCUT2D eigenvalue weighted by Crippen LogP contribution is -2.67. The number of halogens is 3. The third-order valence-corrected chi connectivity index (χ3v) is 5.85. The monoisotopic (exact) mass is 382 g/mol. The molecule has 6 heteroatoms. The molecule has 3 nitrogen and oxygen atoms in total. The summed E-state index contributed by atoms with van der Waals surface area (Å²) >= 11 is 0. The average molecular weight is 382 g/mol. The van der Waals surface area contributed by atoms with Crippen molar-refractivity contribution in [3.8, 4) is 0 Å². The van der Waals surface area contributed by atoms with E-state index in [1.54, 1.807) is 0 Å². The van der Waals surface area contributed by atoms with E-state index in [2.05, 4.69) is 29.2 Å². The van der Waals surface area contributed by atoms with Crippen LogP contribution in [0.5, 0.6) is 0 Å². The first-order valence-corrected chi connectivity index (χ1v) is 9.81. The zero-order valence-corrected chi connectivity index (χ0v) is 15.8. The van der Waals surface area contributed by atoms with Crippen LogP contribution in [0.1, 0.15) is 43.2 Å². The second kappa shape index (κ2) is 8.76. The molecule has 2 aliphatic heterocycles. The molecule has 0 unspecified atom stereocenters. The maximum Gasteiger partial charge on any atom is 0.390 e. The maximum absolute atomic E-state index is 12.7. The van der Waals surface area contributed by atoms with Gasteiger partial charge in [0.1, 0.15) is 0 Å². The molecule has 2 heterocycles. The van der Waals surface area contributed by atoms with Crippen LogP contribution in [-0.2, 0) is 0 Å². The fourth-order valence-electron chi connectivity index (χ4n) is 4.52. The normalized spacial score (nSPS) is 27.8. The van der Waals surface area contributed by atoms with Crippen molar-refractivity contribution in [3.05, 3.63) is 41.5 Å². The van der Waals surface area contributed by atoms with E-state index in [-0.39, 0.29) is 31.2 Å². The van der Waals surface area contributed by atoms with Crippen molar-refractivity contribution in [1.29, 1.82) is 0 Å². The Balaban J connectivity index is 1.75. The van der Waals surface area contributed by atoms with Gasteiger partial charge in [0.05, 0.1) is 13.0 Å². The molecule has 0 amide bonds. The largest absolute Gasteiger partial charge is 0.395 e. The number of aliphatic hydroxyl groups excluding tert-OH is 1. The second-order valence-corrected chi connectivity index (χ2v) is 7.62. The number of allylic oxidation sites excluding steroid dienone is 1. The third kappa shape index (κ3) is 4.92. The minimum atomic E-state index is -4.11. The Morgan fingerprint density at radius 1 is 1.15 bits per heavy atom. The van der Waals surface area contributed by atoms with E-state index < -0.39 is 12.6 Å². The standard InChI is InChI=1S/C21H29F3N2O/c1-2-5-16-6-8-17(9-7-16)20-18-14-25(13-10-21(22,23)24)11-3-4-12-26(18)19(20)15-27/h2,5-9,18-20,27H,3-4,10-15H2,1H3/b5-2+/t18-,19+,20+/m0/s1. The highest BCUT2D eigenvalue weighted by Gasteiger charge is 2.49. The van der Waals surface area contributed by atoms with Gasteiger partial charge in [-0.25, -0.2) is 0 Å². The van der Waals surface area contributed by atoms with Gasteiger partial charge in [0.15, 0.2) is 0 Å². The van der Waals surface area contributed by atoms with Crippen LogP contribution in [0.15, 0.2) is 30.3 Å². The first kappa shape index (κ1) is 20.4. The molecule has 1 aromatic rings. The molecule has 0 spiro atoms. The van der Waals surface area contributed by atoms with Crippen molar-refractivity contribution >= 4 is 6.08 Å². The van der Waals surface area contributed by atoms with Crippen LogP contribution >= 0.6 is 0 Å². The Bertz CT molecular complexity index is 629. The summed E-state index contributed by atoms with van der Waals surface area (Å²) in [6, 6.07) is 8.55. The molecule has 2 saturated heterocycles. The zero-order valence-electron chi connectivity index (χ0n) is 15.8. The van der Waals surface area contributed by atoms with E-state index in [1.807, 2.05) is 24.0 Å². The van der Waals surface area contributed by atoms with Crippen LogP contribution in [0, 0.1) is 0 Å². The summed E-state index contributed by atoms with van der Waals surface area (Å²) in [6.45, 7) is 4.38. The van der Waals surface area contributed by atoms with Crippen LogP contribution in [0.25, 0.3) is 6.08 Å². The van der Waals surface area contributed by atoms with Crippen LogP contribution in [-0.4, -0.2) is 66.0 Å².